The van der Waals surface area contributed by atoms with Gasteiger partial charge in [-0.2, -0.15) is 0 Å². The molecule has 0 atom stereocenters. The van der Waals surface area contributed by atoms with E-state index in [0.29, 0.717) is 12.8 Å². The van der Waals surface area contributed by atoms with Crippen LogP contribution in [0.5, 0.6) is 0 Å². The van der Waals surface area contributed by atoms with Gasteiger partial charge in [0.15, 0.2) is 5.78 Å². The van der Waals surface area contributed by atoms with Crippen LogP contribution in [0.2, 0.25) is 0 Å². The van der Waals surface area contributed by atoms with Crippen LogP contribution in [0.1, 0.15) is 71.1 Å². The largest absolute Gasteiger partial charge is 0.382 e. The SMILES string of the molecule is CC1(C(=O)C2(O)CCCCC2)CCCCC1. The van der Waals surface area contributed by atoms with E-state index in [2.05, 4.69) is 6.92 Å². The van der Waals surface area contributed by atoms with E-state index in [-0.39, 0.29) is 11.2 Å². The van der Waals surface area contributed by atoms with Gasteiger partial charge in [-0.05, 0) is 25.7 Å². The minimum Gasteiger partial charge on any atom is -0.382 e. The van der Waals surface area contributed by atoms with E-state index in [4.69, 9.17) is 0 Å². The third-order valence-corrected chi connectivity index (χ3v) is 4.61. The smallest absolute Gasteiger partial charge is 0.170 e. The molecule has 92 valence electrons. The molecule has 2 aliphatic rings. The van der Waals surface area contributed by atoms with Crippen molar-refractivity contribution in [3.8, 4) is 0 Å². The van der Waals surface area contributed by atoms with Gasteiger partial charge in [0.1, 0.15) is 5.60 Å². The van der Waals surface area contributed by atoms with Crippen LogP contribution >= 0.6 is 0 Å². The maximum atomic E-state index is 12.5. The summed E-state index contributed by atoms with van der Waals surface area (Å²) < 4.78 is 0. The molecule has 2 nitrogen and oxygen atoms in total. The van der Waals surface area contributed by atoms with E-state index in [0.717, 1.165) is 38.5 Å². The van der Waals surface area contributed by atoms with Gasteiger partial charge in [-0.25, -0.2) is 0 Å². The van der Waals surface area contributed by atoms with Gasteiger partial charge < -0.3 is 5.11 Å². The first-order chi connectivity index (χ1) is 7.57. The van der Waals surface area contributed by atoms with Gasteiger partial charge in [0.2, 0.25) is 0 Å². The first kappa shape index (κ1) is 12.1. The molecule has 0 bridgehead atoms. The maximum Gasteiger partial charge on any atom is 0.170 e. The normalized spacial score (nSPS) is 28.6. The van der Waals surface area contributed by atoms with Crippen molar-refractivity contribution in [2.45, 2.75) is 76.7 Å². The number of carbonyl (C=O) groups excluding carboxylic acids is 1. The Labute approximate surface area is 98.4 Å². The Bertz CT molecular complexity index is 232. The average molecular weight is 224 g/mol. The quantitative estimate of drug-likeness (QED) is 0.782. The summed E-state index contributed by atoms with van der Waals surface area (Å²) in [6.45, 7) is 2.07. The molecule has 0 saturated heterocycles. The lowest BCUT2D eigenvalue weighted by Gasteiger charge is -2.40. The first-order valence-electron chi connectivity index (χ1n) is 6.84. The number of ketones is 1. The van der Waals surface area contributed by atoms with Crippen LogP contribution in [0.3, 0.4) is 0 Å². The van der Waals surface area contributed by atoms with Crippen molar-refractivity contribution in [1.29, 1.82) is 0 Å². The Hall–Kier alpha value is -0.370. The Kier molecular flexibility index (Phi) is 3.39. The molecule has 0 aromatic carbocycles. The third kappa shape index (κ3) is 2.17. The Morgan fingerprint density at radius 2 is 1.31 bits per heavy atom. The van der Waals surface area contributed by atoms with Crippen LogP contribution in [-0.4, -0.2) is 16.5 Å². The fourth-order valence-corrected chi connectivity index (χ4v) is 3.48. The monoisotopic (exact) mass is 224 g/mol. The van der Waals surface area contributed by atoms with Crippen LogP contribution < -0.4 is 0 Å². The molecule has 16 heavy (non-hydrogen) atoms. The van der Waals surface area contributed by atoms with E-state index < -0.39 is 5.60 Å². The number of rotatable bonds is 2. The summed E-state index contributed by atoms with van der Waals surface area (Å²) in [6.07, 6.45) is 10.1. The summed E-state index contributed by atoms with van der Waals surface area (Å²) in [7, 11) is 0. The Morgan fingerprint density at radius 3 is 1.81 bits per heavy atom. The predicted octanol–water partition coefficient (Wildman–Crippen LogP) is 3.22. The van der Waals surface area contributed by atoms with Crippen molar-refractivity contribution in [1.82, 2.24) is 0 Å². The molecule has 1 N–H and O–H groups in total. The molecular weight excluding hydrogens is 200 g/mol. The summed E-state index contributed by atoms with van der Waals surface area (Å²) in [4.78, 5) is 12.5. The van der Waals surface area contributed by atoms with Gasteiger partial charge in [-0.3, -0.25) is 4.79 Å². The molecule has 0 spiro atoms. The maximum absolute atomic E-state index is 12.5. The van der Waals surface area contributed by atoms with Crippen molar-refractivity contribution in [2.24, 2.45) is 5.41 Å². The van der Waals surface area contributed by atoms with E-state index in [1.165, 1.54) is 12.8 Å². The topological polar surface area (TPSA) is 37.3 Å². The third-order valence-electron chi connectivity index (χ3n) is 4.61. The summed E-state index contributed by atoms with van der Waals surface area (Å²) in [5.41, 5.74) is -1.21. The number of carbonyl (C=O) groups is 1. The lowest BCUT2D eigenvalue weighted by molar-refractivity contribution is -0.152. The van der Waals surface area contributed by atoms with Gasteiger partial charge in [0.25, 0.3) is 0 Å². The lowest BCUT2D eigenvalue weighted by Crippen LogP contribution is -2.49. The number of aliphatic hydroxyl groups is 1. The highest BCUT2D eigenvalue weighted by Crippen LogP contribution is 2.43. The second kappa shape index (κ2) is 4.48. The zero-order chi connectivity index (χ0) is 11.6. The fraction of sp³-hybridized carbons (Fsp3) is 0.929. The minimum atomic E-state index is -0.982. The zero-order valence-electron chi connectivity index (χ0n) is 10.4. The van der Waals surface area contributed by atoms with Gasteiger partial charge in [0.05, 0.1) is 0 Å². The van der Waals surface area contributed by atoms with Crippen LogP contribution in [0, 0.1) is 5.41 Å². The van der Waals surface area contributed by atoms with Crippen molar-refractivity contribution in [3.05, 3.63) is 0 Å². The Balaban J connectivity index is 2.10. The molecular formula is C14H24O2. The molecule has 2 rings (SSSR count). The minimum absolute atomic E-state index is 0.152. The predicted molar refractivity (Wildman–Crippen MR) is 64.2 cm³/mol. The van der Waals surface area contributed by atoms with Crippen molar-refractivity contribution < 1.29 is 9.90 Å². The summed E-state index contributed by atoms with van der Waals surface area (Å²) in [5.74, 6) is 0.152. The van der Waals surface area contributed by atoms with Crippen molar-refractivity contribution in [2.75, 3.05) is 0 Å². The van der Waals surface area contributed by atoms with E-state index in [1.807, 2.05) is 0 Å². The summed E-state index contributed by atoms with van der Waals surface area (Å²) in [6, 6.07) is 0. The molecule has 0 aromatic rings. The van der Waals surface area contributed by atoms with E-state index >= 15 is 0 Å². The summed E-state index contributed by atoms with van der Waals surface area (Å²) >= 11 is 0. The molecule has 2 saturated carbocycles. The van der Waals surface area contributed by atoms with Crippen LogP contribution in [0.15, 0.2) is 0 Å². The van der Waals surface area contributed by atoms with Gasteiger partial charge in [0, 0.05) is 5.41 Å². The molecule has 0 aromatic heterocycles. The second-order valence-corrected chi connectivity index (χ2v) is 6.04. The van der Waals surface area contributed by atoms with Crippen molar-refractivity contribution in [3.63, 3.8) is 0 Å². The number of hydrogen-bond donors (Lipinski definition) is 1. The summed E-state index contributed by atoms with van der Waals surface area (Å²) in [5, 5.41) is 10.5. The number of Topliss-reactive ketones (excluding diaryl/α,β-unsaturated/α-hetero) is 1. The molecule has 0 heterocycles. The van der Waals surface area contributed by atoms with Crippen LogP contribution in [-0.2, 0) is 4.79 Å². The highest BCUT2D eigenvalue weighted by Gasteiger charge is 2.46. The molecule has 0 radical (unpaired) electrons. The highest BCUT2D eigenvalue weighted by molar-refractivity contribution is 5.92. The second-order valence-electron chi connectivity index (χ2n) is 6.04. The standard InChI is InChI=1S/C14H24O2/c1-13(8-4-2-5-9-13)12(15)14(16)10-6-3-7-11-14/h16H,2-11H2,1H3. The molecule has 0 aliphatic heterocycles. The molecule has 2 heteroatoms. The van der Waals surface area contributed by atoms with Gasteiger partial charge in [-0.15, -0.1) is 0 Å². The lowest BCUT2D eigenvalue weighted by atomic mass is 9.65. The van der Waals surface area contributed by atoms with Crippen LogP contribution in [0.4, 0.5) is 0 Å². The zero-order valence-corrected chi connectivity index (χ0v) is 10.4. The van der Waals surface area contributed by atoms with Crippen molar-refractivity contribution >= 4 is 5.78 Å². The molecule has 0 amide bonds. The number of hydrogen-bond acceptors (Lipinski definition) is 2. The van der Waals surface area contributed by atoms with Gasteiger partial charge >= 0.3 is 0 Å². The fourth-order valence-electron chi connectivity index (χ4n) is 3.48. The van der Waals surface area contributed by atoms with Crippen LogP contribution in [0.25, 0.3) is 0 Å². The first-order valence-corrected chi connectivity index (χ1v) is 6.84. The molecule has 2 aliphatic carbocycles. The highest BCUT2D eigenvalue weighted by atomic mass is 16.3. The Morgan fingerprint density at radius 1 is 0.875 bits per heavy atom. The molecule has 0 unspecified atom stereocenters. The average Bonchev–Trinajstić information content (AvgIpc) is 2.30. The van der Waals surface area contributed by atoms with Gasteiger partial charge in [-0.1, -0.05) is 45.4 Å². The van der Waals surface area contributed by atoms with E-state index in [9.17, 15) is 9.90 Å². The van der Waals surface area contributed by atoms with E-state index in [1.54, 1.807) is 0 Å². The molecule has 2 fully saturated rings.